The average Bonchev–Trinajstić information content (AvgIpc) is 3.11. The van der Waals surface area contributed by atoms with E-state index >= 15 is 0 Å². The lowest BCUT2D eigenvalue weighted by Crippen LogP contribution is -2.29. The second-order valence-corrected chi connectivity index (χ2v) is 7.68. The third-order valence-corrected chi connectivity index (χ3v) is 6.28. The van der Waals surface area contributed by atoms with Crippen molar-refractivity contribution >= 4 is 28.2 Å². The van der Waals surface area contributed by atoms with E-state index in [4.69, 9.17) is 14.5 Å². The number of hydrogen-bond acceptors (Lipinski definition) is 6. The minimum Gasteiger partial charge on any atom is -0.497 e. The molecule has 138 valence electrons. The van der Waals surface area contributed by atoms with Crippen molar-refractivity contribution in [3.63, 3.8) is 0 Å². The van der Waals surface area contributed by atoms with E-state index in [1.54, 1.807) is 25.6 Å². The van der Waals surface area contributed by atoms with E-state index < -0.39 is 0 Å². The standard InChI is InChI=1S/C19H23N3O3S/c1-24-12-6-7-13(15(10-12)25-2)14-11-16(23)20-18-17(14)26-19(21-18)22-8-4-3-5-9-22/h6-7,10,14H,3-5,8-9,11H2,1-2H3,(H,20,23)/t14-/m0/s1. The fraction of sp³-hybridized carbons (Fsp3) is 0.474. The van der Waals surface area contributed by atoms with Gasteiger partial charge in [-0.25, -0.2) is 4.98 Å². The van der Waals surface area contributed by atoms with Gasteiger partial charge in [-0.2, -0.15) is 0 Å². The van der Waals surface area contributed by atoms with Crippen LogP contribution in [0.4, 0.5) is 10.9 Å². The minimum absolute atomic E-state index is 0.00383. The van der Waals surface area contributed by atoms with Gasteiger partial charge in [-0.1, -0.05) is 17.4 Å². The number of amides is 1. The van der Waals surface area contributed by atoms with Crippen molar-refractivity contribution in [3.05, 3.63) is 28.6 Å². The lowest BCUT2D eigenvalue weighted by atomic mass is 9.90. The van der Waals surface area contributed by atoms with Crippen LogP contribution in [0, 0.1) is 0 Å². The molecule has 1 aromatic heterocycles. The number of piperidine rings is 1. The van der Waals surface area contributed by atoms with Gasteiger partial charge in [0.2, 0.25) is 5.91 Å². The first-order valence-corrected chi connectivity index (χ1v) is 9.78. The molecule has 1 amide bonds. The third kappa shape index (κ3) is 3.11. The number of thiazole rings is 1. The Morgan fingerprint density at radius 2 is 2.00 bits per heavy atom. The molecule has 0 spiro atoms. The molecular weight excluding hydrogens is 350 g/mol. The molecule has 0 radical (unpaired) electrons. The van der Waals surface area contributed by atoms with Crippen molar-refractivity contribution in [1.29, 1.82) is 0 Å². The van der Waals surface area contributed by atoms with Crippen molar-refractivity contribution in [2.24, 2.45) is 0 Å². The van der Waals surface area contributed by atoms with E-state index in [9.17, 15) is 4.79 Å². The van der Waals surface area contributed by atoms with Crippen LogP contribution in [-0.2, 0) is 4.79 Å². The molecule has 2 aliphatic heterocycles. The highest BCUT2D eigenvalue weighted by molar-refractivity contribution is 7.16. The number of rotatable bonds is 4. The Balaban J connectivity index is 1.73. The second kappa shape index (κ2) is 7.15. The molecule has 0 unspecified atom stereocenters. The Kier molecular flexibility index (Phi) is 4.72. The van der Waals surface area contributed by atoms with E-state index in [1.165, 1.54) is 19.3 Å². The topological polar surface area (TPSA) is 63.7 Å². The first-order chi connectivity index (χ1) is 12.7. The normalized spacial score (nSPS) is 19.7. The average molecular weight is 373 g/mol. The molecule has 26 heavy (non-hydrogen) atoms. The van der Waals surface area contributed by atoms with Crippen molar-refractivity contribution in [2.75, 3.05) is 37.5 Å². The molecule has 7 heteroatoms. The summed E-state index contributed by atoms with van der Waals surface area (Å²) in [6.45, 7) is 2.08. The van der Waals surface area contributed by atoms with Gasteiger partial charge in [0, 0.05) is 37.1 Å². The lowest BCUT2D eigenvalue weighted by molar-refractivity contribution is -0.116. The molecule has 2 aromatic rings. The van der Waals surface area contributed by atoms with Gasteiger partial charge < -0.3 is 19.7 Å². The maximum atomic E-state index is 12.3. The van der Waals surface area contributed by atoms with Crippen molar-refractivity contribution in [1.82, 2.24) is 4.98 Å². The van der Waals surface area contributed by atoms with Crippen molar-refractivity contribution in [2.45, 2.75) is 31.6 Å². The molecule has 1 fully saturated rings. The Hall–Kier alpha value is -2.28. The first-order valence-electron chi connectivity index (χ1n) is 8.97. The summed E-state index contributed by atoms with van der Waals surface area (Å²) in [4.78, 5) is 20.5. The summed E-state index contributed by atoms with van der Waals surface area (Å²) in [5.41, 5.74) is 0.998. The summed E-state index contributed by atoms with van der Waals surface area (Å²) >= 11 is 1.69. The number of benzene rings is 1. The zero-order valence-electron chi connectivity index (χ0n) is 15.1. The third-order valence-electron chi connectivity index (χ3n) is 5.05. The van der Waals surface area contributed by atoms with Crippen LogP contribution >= 0.6 is 11.3 Å². The number of carbonyl (C=O) groups is 1. The van der Waals surface area contributed by atoms with E-state index in [1.807, 2.05) is 18.2 Å². The number of carbonyl (C=O) groups excluding carboxylic acids is 1. The number of nitrogens with one attached hydrogen (secondary N) is 1. The molecule has 0 aliphatic carbocycles. The Morgan fingerprint density at radius 1 is 1.19 bits per heavy atom. The predicted octanol–water partition coefficient (Wildman–Crippen LogP) is 3.62. The molecule has 4 rings (SSSR count). The van der Waals surface area contributed by atoms with Crippen LogP contribution in [0.3, 0.4) is 0 Å². The van der Waals surface area contributed by atoms with Crippen LogP contribution in [0.1, 0.15) is 42.0 Å². The van der Waals surface area contributed by atoms with E-state index in [0.717, 1.165) is 40.2 Å². The summed E-state index contributed by atoms with van der Waals surface area (Å²) in [7, 11) is 3.28. The number of anilines is 2. The van der Waals surface area contributed by atoms with Crippen LogP contribution in [0.2, 0.25) is 0 Å². The first kappa shape index (κ1) is 17.1. The maximum absolute atomic E-state index is 12.3. The summed E-state index contributed by atoms with van der Waals surface area (Å²) < 4.78 is 10.9. The van der Waals surface area contributed by atoms with Gasteiger partial charge in [0.15, 0.2) is 5.13 Å². The van der Waals surface area contributed by atoms with Crippen LogP contribution in [0.25, 0.3) is 0 Å². The maximum Gasteiger partial charge on any atom is 0.226 e. The zero-order chi connectivity index (χ0) is 18.1. The van der Waals surface area contributed by atoms with Crippen molar-refractivity contribution in [3.8, 4) is 11.5 Å². The Labute approximate surface area is 157 Å². The molecule has 6 nitrogen and oxygen atoms in total. The Bertz CT molecular complexity index is 814. The lowest BCUT2D eigenvalue weighted by Gasteiger charge is -2.25. The monoisotopic (exact) mass is 373 g/mol. The number of ether oxygens (including phenoxy) is 2. The highest BCUT2D eigenvalue weighted by Crippen LogP contribution is 2.46. The van der Waals surface area contributed by atoms with Crippen LogP contribution < -0.4 is 19.7 Å². The molecule has 1 saturated heterocycles. The molecule has 0 bridgehead atoms. The van der Waals surface area contributed by atoms with E-state index in [-0.39, 0.29) is 11.8 Å². The van der Waals surface area contributed by atoms with Gasteiger partial charge in [-0.05, 0) is 25.3 Å². The fourth-order valence-electron chi connectivity index (χ4n) is 3.69. The molecule has 0 saturated carbocycles. The van der Waals surface area contributed by atoms with Gasteiger partial charge in [-0.15, -0.1) is 0 Å². The van der Waals surface area contributed by atoms with Gasteiger partial charge >= 0.3 is 0 Å². The quantitative estimate of drug-likeness (QED) is 0.887. The second-order valence-electron chi connectivity index (χ2n) is 6.67. The smallest absolute Gasteiger partial charge is 0.226 e. The molecule has 3 heterocycles. The van der Waals surface area contributed by atoms with Crippen LogP contribution in [0.5, 0.6) is 11.5 Å². The van der Waals surface area contributed by atoms with Gasteiger partial charge in [-0.3, -0.25) is 4.79 Å². The minimum atomic E-state index is -0.0457. The molecule has 1 aromatic carbocycles. The largest absolute Gasteiger partial charge is 0.497 e. The molecule has 1 N–H and O–H groups in total. The molecule has 2 aliphatic rings. The number of hydrogen-bond donors (Lipinski definition) is 1. The number of methoxy groups -OCH3 is 2. The summed E-state index contributed by atoms with van der Waals surface area (Å²) in [5, 5.41) is 3.96. The van der Waals surface area contributed by atoms with Crippen molar-refractivity contribution < 1.29 is 14.3 Å². The van der Waals surface area contributed by atoms with Gasteiger partial charge in [0.05, 0.1) is 19.1 Å². The highest BCUT2D eigenvalue weighted by atomic mass is 32.1. The van der Waals surface area contributed by atoms with Crippen LogP contribution in [0.15, 0.2) is 18.2 Å². The van der Waals surface area contributed by atoms with E-state index in [0.29, 0.717) is 12.2 Å². The van der Waals surface area contributed by atoms with Gasteiger partial charge in [0.1, 0.15) is 17.3 Å². The van der Waals surface area contributed by atoms with E-state index in [2.05, 4.69) is 10.2 Å². The molecule has 1 atom stereocenters. The predicted molar refractivity (Wildman–Crippen MR) is 103 cm³/mol. The fourth-order valence-corrected chi connectivity index (χ4v) is 4.88. The number of aromatic nitrogens is 1. The summed E-state index contributed by atoms with van der Waals surface area (Å²) in [5.74, 6) is 2.13. The van der Waals surface area contributed by atoms with Crippen LogP contribution in [-0.4, -0.2) is 38.2 Å². The SMILES string of the molecule is COc1ccc([C@@H]2CC(=O)Nc3nc(N4CCCCC4)sc32)c(OC)c1. The Morgan fingerprint density at radius 3 is 2.73 bits per heavy atom. The zero-order valence-corrected chi connectivity index (χ0v) is 15.9. The molecular formula is C19H23N3O3S. The number of nitrogens with zero attached hydrogens (tertiary/aromatic N) is 2. The number of fused-ring (bicyclic) bond motifs is 1. The highest BCUT2D eigenvalue weighted by Gasteiger charge is 2.33. The summed E-state index contributed by atoms with van der Waals surface area (Å²) in [6.07, 6.45) is 4.08. The summed E-state index contributed by atoms with van der Waals surface area (Å²) in [6, 6.07) is 5.77. The van der Waals surface area contributed by atoms with Gasteiger partial charge in [0.25, 0.3) is 0 Å².